The second-order valence-electron chi connectivity index (χ2n) is 6.48. The lowest BCUT2D eigenvalue weighted by atomic mass is 10.1. The van der Waals surface area contributed by atoms with Crippen LogP contribution in [0.25, 0.3) is 16.6 Å². The summed E-state index contributed by atoms with van der Waals surface area (Å²) in [7, 11) is 0. The summed E-state index contributed by atoms with van der Waals surface area (Å²) in [6, 6.07) is 2.84. The highest BCUT2D eigenvalue weighted by Gasteiger charge is 2.25. The summed E-state index contributed by atoms with van der Waals surface area (Å²) >= 11 is 7.42. The fraction of sp³-hybridized carbons (Fsp3) is 0.389. The molecule has 0 radical (unpaired) electrons. The molecule has 1 amide bonds. The van der Waals surface area contributed by atoms with Crippen LogP contribution in [-0.4, -0.2) is 42.6 Å². The summed E-state index contributed by atoms with van der Waals surface area (Å²) in [5, 5.41) is 13.6. The normalized spacial score (nSPS) is 12.4. The minimum Gasteiger partial charge on any atom is -0.349 e. The van der Waals surface area contributed by atoms with Gasteiger partial charge in [0.05, 0.1) is 6.20 Å². The number of hydrogen-bond donors (Lipinski definition) is 1. The van der Waals surface area contributed by atoms with Crippen LogP contribution in [-0.2, 0) is 0 Å². The third-order valence-corrected chi connectivity index (χ3v) is 5.22. The fourth-order valence-corrected chi connectivity index (χ4v) is 3.76. The highest BCUT2D eigenvalue weighted by molar-refractivity contribution is 7.12. The van der Waals surface area contributed by atoms with Crippen molar-refractivity contribution in [1.29, 1.82) is 0 Å². The maximum Gasteiger partial charge on any atom is 0.271 e. The molecule has 0 aliphatic rings. The van der Waals surface area contributed by atoms with Crippen LogP contribution < -0.4 is 5.32 Å². The quantitative estimate of drug-likeness (QED) is 0.585. The number of nitrogens with one attached hydrogen (secondary N) is 1. The van der Waals surface area contributed by atoms with E-state index in [2.05, 4.69) is 25.5 Å². The molecule has 0 bridgehead atoms. The fourth-order valence-electron chi connectivity index (χ4n) is 2.59. The SMILES string of the molecule is CCC(CCl)c1nnc(-c2ccc(F)cn2)n1-c1nc(C(=O)NC(C)C)cs1. The Morgan fingerprint density at radius 3 is 2.75 bits per heavy atom. The van der Waals surface area contributed by atoms with E-state index >= 15 is 0 Å². The minimum absolute atomic E-state index is 0.00261. The Morgan fingerprint density at radius 1 is 1.36 bits per heavy atom. The van der Waals surface area contributed by atoms with E-state index in [1.54, 1.807) is 9.95 Å². The van der Waals surface area contributed by atoms with E-state index in [1.165, 1.54) is 23.5 Å². The van der Waals surface area contributed by atoms with Gasteiger partial charge in [-0.25, -0.2) is 14.4 Å². The Hall–Kier alpha value is -2.39. The van der Waals surface area contributed by atoms with Crippen LogP contribution in [0.4, 0.5) is 4.39 Å². The van der Waals surface area contributed by atoms with Gasteiger partial charge in [0.2, 0.25) is 0 Å². The number of aromatic nitrogens is 5. The van der Waals surface area contributed by atoms with Crippen molar-refractivity contribution in [1.82, 2.24) is 30.0 Å². The predicted molar refractivity (Wildman–Crippen MR) is 107 cm³/mol. The number of alkyl halides is 1. The standard InChI is InChI=1S/C18H20ClFN6OS/c1-4-11(7-19)15-24-25-16(13-6-5-12(20)8-21-13)26(15)18-23-14(9-28-18)17(27)22-10(2)3/h5-6,8-11H,4,7H2,1-3H3,(H,22,27). The Balaban J connectivity index is 2.09. The van der Waals surface area contributed by atoms with Gasteiger partial charge >= 0.3 is 0 Å². The summed E-state index contributed by atoms with van der Waals surface area (Å²) in [5.74, 6) is 0.659. The number of amides is 1. The molecule has 3 aromatic heterocycles. The van der Waals surface area contributed by atoms with E-state index in [9.17, 15) is 9.18 Å². The largest absolute Gasteiger partial charge is 0.349 e. The van der Waals surface area contributed by atoms with Gasteiger partial charge in [-0.3, -0.25) is 9.36 Å². The van der Waals surface area contributed by atoms with E-state index in [0.29, 0.717) is 34.0 Å². The number of carbonyl (C=O) groups is 1. The first-order chi connectivity index (χ1) is 13.4. The first-order valence-electron chi connectivity index (χ1n) is 8.84. The van der Waals surface area contributed by atoms with E-state index in [1.807, 2.05) is 20.8 Å². The van der Waals surface area contributed by atoms with E-state index in [4.69, 9.17) is 11.6 Å². The molecule has 3 aromatic rings. The Bertz CT molecular complexity index is 951. The summed E-state index contributed by atoms with van der Waals surface area (Å²) in [6.07, 6.45) is 1.88. The summed E-state index contributed by atoms with van der Waals surface area (Å²) in [6.45, 7) is 5.77. The molecular weight excluding hydrogens is 403 g/mol. The molecule has 10 heteroatoms. The highest BCUT2D eigenvalue weighted by Crippen LogP contribution is 2.29. The van der Waals surface area contributed by atoms with Crippen molar-refractivity contribution in [3.63, 3.8) is 0 Å². The average Bonchev–Trinajstić information content (AvgIpc) is 3.30. The lowest BCUT2D eigenvalue weighted by Gasteiger charge is -2.12. The summed E-state index contributed by atoms with van der Waals surface area (Å²) < 4.78 is 15.0. The van der Waals surface area contributed by atoms with E-state index < -0.39 is 5.82 Å². The molecule has 0 saturated carbocycles. The van der Waals surface area contributed by atoms with Crippen molar-refractivity contribution in [2.45, 2.75) is 39.2 Å². The zero-order chi connectivity index (χ0) is 20.3. The first-order valence-corrected chi connectivity index (χ1v) is 10.3. The van der Waals surface area contributed by atoms with Gasteiger partial charge in [0.1, 0.15) is 23.0 Å². The number of thiazole rings is 1. The molecular formula is C18H20ClFN6OS. The van der Waals surface area contributed by atoms with Crippen LogP contribution in [0.15, 0.2) is 23.7 Å². The Morgan fingerprint density at radius 2 is 2.14 bits per heavy atom. The predicted octanol–water partition coefficient (Wildman–Crippen LogP) is 3.80. The van der Waals surface area contributed by atoms with Crippen LogP contribution in [0.5, 0.6) is 0 Å². The second-order valence-corrected chi connectivity index (χ2v) is 7.63. The molecule has 0 fully saturated rings. The van der Waals surface area contributed by atoms with Gasteiger partial charge < -0.3 is 5.32 Å². The van der Waals surface area contributed by atoms with Crippen molar-refractivity contribution < 1.29 is 9.18 Å². The third kappa shape index (κ3) is 4.20. The minimum atomic E-state index is -0.441. The number of hydrogen-bond acceptors (Lipinski definition) is 6. The maximum atomic E-state index is 13.3. The molecule has 1 unspecified atom stereocenters. The van der Waals surface area contributed by atoms with E-state index in [-0.39, 0.29) is 17.9 Å². The van der Waals surface area contributed by atoms with Crippen LogP contribution in [0, 0.1) is 5.82 Å². The number of nitrogens with zero attached hydrogens (tertiary/aromatic N) is 5. The molecule has 0 aliphatic carbocycles. The molecule has 7 nitrogen and oxygen atoms in total. The summed E-state index contributed by atoms with van der Waals surface area (Å²) in [5.41, 5.74) is 0.762. The smallest absolute Gasteiger partial charge is 0.271 e. The average molecular weight is 423 g/mol. The van der Waals surface area contributed by atoms with E-state index in [0.717, 1.165) is 12.6 Å². The van der Waals surface area contributed by atoms with Gasteiger partial charge in [-0.1, -0.05) is 6.92 Å². The van der Waals surface area contributed by atoms with Crippen molar-refractivity contribution >= 4 is 28.8 Å². The van der Waals surface area contributed by atoms with Crippen molar-refractivity contribution in [3.8, 4) is 16.6 Å². The van der Waals surface area contributed by atoms with Gasteiger partial charge in [0, 0.05) is 23.2 Å². The lowest BCUT2D eigenvalue weighted by molar-refractivity contribution is 0.0938. The number of pyridine rings is 1. The molecule has 1 atom stereocenters. The Kier molecular flexibility index (Phi) is 6.35. The van der Waals surface area contributed by atoms with Gasteiger partial charge in [-0.15, -0.1) is 33.1 Å². The summed E-state index contributed by atoms with van der Waals surface area (Å²) in [4.78, 5) is 20.9. The van der Waals surface area contributed by atoms with Gasteiger partial charge in [-0.2, -0.15) is 0 Å². The molecule has 0 saturated heterocycles. The molecule has 3 rings (SSSR count). The van der Waals surface area contributed by atoms with Crippen molar-refractivity contribution in [2.24, 2.45) is 0 Å². The van der Waals surface area contributed by atoms with Crippen LogP contribution in [0.2, 0.25) is 0 Å². The molecule has 0 aliphatic heterocycles. The number of halogens is 2. The van der Waals surface area contributed by atoms with Crippen LogP contribution >= 0.6 is 22.9 Å². The molecule has 0 spiro atoms. The zero-order valence-electron chi connectivity index (χ0n) is 15.7. The van der Waals surface area contributed by atoms with Crippen LogP contribution in [0.1, 0.15) is 49.4 Å². The molecule has 148 valence electrons. The van der Waals surface area contributed by atoms with Gasteiger partial charge in [0.15, 0.2) is 11.0 Å². The maximum absolute atomic E-state index is 13.3. The monoisotopic (exact) mass is 422 g/mol. The third-order valence-electron chi connectivity index (χ3n) is 4.02. The van der Waals surface area contributed by atoms with Gasteiger partial charge in [-0.05, 0) is 32.4 Å². The second kappa shape index (κ2) is 8.74. The van der Waals surface area contributed by atoms with Crippen molar-refractivity contribution in [3.05, 3.63) is 41.0 Å². The molecule has 1 N–H and O–H groups in total. The highest BCUT2D eigenvalue weighted by atomic mass is 35.5. The lowest BCUT2D eigenvalue weighted by Crippen LogP contribution is -2.30. The molecule has 3 heterocycles. The zero-order valence-corrected chi connectivity index (χ0v) is 17.3. The Labute approximate surface area is 171 Å². The first kappa shape index (κ1) is 20.3. The van der Waals surface area contributed by atoms with Gasteiger partial charge in [0.25, 0.3) is 5.91 Å². The molecule has 28 heavy (non-hydrogen) atoms. The number of rotatable bonds is 7. The molecule has 0 aromatic carbocycles. The topological polar surface area (TPSA) is 85.6 Å². The number of carbonyl (C=O) groups excluding carboxylic acids is 1. The van der Waals surface area contributed by atoms with Crippen LogP contribution in [0.3, 0.4) is 0 Å². The van der Waals surface area contributed by atoms with Crippen molar-refractivity contribution in [2.75, 3.05) is 5.88 Å².